The molecule has 116 valence electrons. The van der Waals surface area contributed by atoms with E-state index in [0.717, 1.165) is 11.3 Å². The number of hydrogen-bond donors (Lipinski definition) is 0. The molecule has 0 spiro atoms. The monoisotopic (exact) mass is 309 g/mol. The summed E-state index contributed by atoms with van der Waals surface area (Å²) in [6.07, 6.45) is 1.54. The molecule has 0 aliphatic rings. The van der Waals surface area contributed by atoms with E-state index < -0.39 is 0 Å². The lowest BCUT2D eigenvalue weighted by atomic mass is 10.1. The third-order valence-electron chi connectivity index (χ3n) is 3.43. The summed E-state index contributed by atoms with van der Waals surface area (Å²) in [6, 6.07) is 14.1. The molecule has 0 aliphatic heterocycles. The molecule has 3 aromatic rings. The predicted octanol–water partition coefficient (Wildman–Crippen LogP) is 3.59. The van der Waals surface area contributed by atoms with Crippen LogP contribution in [0.1, 0.15) is 16.2 Å². The van der Waals surface area contributed by atoms with Crippen LogP contribution in [0.3, 0.4) is 0 Å². The molecule has 0 N–H and O–H groups in total. The van der Waals surface area contributed by atoms with Gasteiger partial charge in [-0.25, -0.2) is 4.98 Å². The maximum Gasteiger partial charge on any atom is 0.268 e. The summed E-state index contributed by atoms with van der Waals surface area (Å²) in [5, 5.41) is 0. The van der Waals surface area contributed by atoms with Crippen molar-refractivity contribution in [3.63, 3.8) is 0 Å². The summed E-state index contributed by atoms with van der Waals surface area (Å²) in [7, 11) is 3.18. The maximum atomic E-state index is 12.4. The molecule has 0 aliphatic carbocycles. The van der Waals surface area contributed by atoms with E-state index in [4.69, 9.17) is 13.9 Å². The second-order valence-corrected chi connectivity index (χ2v) is 4.82. The number of ether oxygens (including phenoxy) is 2. The quantitative estimate of drug-likeness (QED) is 0.674. The van der Waals surface area contributed by atoms with E-state index in [1.807, 2.05) is 24.3 Å². The lowest BCUT2D eigenvalue weighted by Crippen LogP contribution is -2.01. The van der Waals surface area contributed by atoms with Crippen molar-refractivity contribution in [3.05, 3.63) is 66.2 Å². The van der Waals surface area contributed by atoms with Gasteiger partial charge in [0.05, 0.1) is 20.4 Å². The van der Waals surface area contributed by atoms with E-state index in [2.05, 4.69) is 4.98 Å². The van der Waals surface area contributed by atoms with Crippen LogP contribution in [-0.2, 0) is 0 Å². The Bertz CT molecular complexity index is 804. The summed E-state index contributed by atoms with van der Waals surface area (Å²) in [4.78, 5) is 16.4. The number of ketones is 1. The zero-order valence-corrected chi connectivity index (χ0v) is 12.8. The molecule has 0 unspecified atom stereocenters. The van der Waals surface area contributed by atoms with Crippen LogP contribution >= 0.6 is 0 Å². The van der Waals surface area contributed by atoms with Gasteiger partial charge in [-0.1, -0.05) is 0 Å². The van der Waals surface area contributed by atoms with Crippen molar-refractivity contribution < 1.29 is 18.7 Å². The minimum Gasteiger partial charge on any atom is -0.497 e. The number of methoxy groups -OCH3 is 2. The molecule has 5 heteroatoms. The predicted molar refractivity (Wildman–Crippen MR) is 84.9 cm³/mol. The van der Waals surface area contributed by atoms with E-state index in [0.29, 0.717) is 17.1 Å². The Kier molecular flexibility index (Phi) is 4.10. The molecule has 1 heterocycles. The first-order chi connectivity index (χ1) is 11.2. The first kappa shape index (κ1) is 14.8. The van der Waals surface area contributed by atoms with Crippen LogP contribution in [0, 0.1) is 0 Å². The Hall–Kier alpha value is -3.08. The van der Waals surface area contributed by atoms with E-state index in [1.165, 1.54) is 0 Å². The second-order valence-electron chi connectivity index (χ2n) is 4.82. The molecule has 0 atom stereocenters. The molecular formula is C18H15NO4. The standard InChI is InChI=1S/C18H15NO4/c1-21-14-7-3-12(4-8-14)16-11-19-18(23-16)17(20)13-5-9-15(22-2)10-6-13/h3-11H,1-2H3. The van der Waals surface area contributed by atoms with Gasteiger partial charge in [0.15, 0.2) is 5.76 Å². The fourth-order valence-electron chi connectivity index (χ4n) is 2.13. The van der Waals surface area contributed by atoms with Gasteiger partial charge in [-0.3, -0.25) is 4.79 Å². The highest BCUT2D eigenvalue weighted by atomic mass is 16.5. The molecule has 0 bridgehead atoms. The van der Waals surface area contributed by atoms with E-state index in [1.54, 1.807) is 44.7 Å². The highest BCUT2D eigenvalue weighted by Crippen LogP contribution is 2.24. The number of oxazole rings is 1. The van der Waals surface area contributed by atoms with E-state index in [-0.39, 0.29) is 11.7 Å². The largest absolute Gasteiger partial charge is 0.497 e. The van der Waals surface area contributed by atoms with Crippen LogP contribution in [0.4, 0.5) is 0 Å². The Labute approximate surface area is 133 Å². The average molecular weight is 309 g/mol. The summed E-state index contributed by atoms with van der Waals surface area (Å²) in [5.74, 6) is 1.76. The Morgan fingerprint density at radius 2 is 1.48 bits per heavy atom. The number of hydrogen-bond acceptors (Lipinski definition) is 5. The summed E-state index contributed by atoms with van der Waals surface area (Å²) in [5.41, 5.74) is 1.32. The molecule has 0 saturated heterocycles. The zero-order chi connectivity index (χ0) is 16.2. The number of nitrogens with zero attached hydrogens (tertiary/aromatic N) is 1. The van der Waals surface area contributed by atoms with E-state index >= 15 is 0 Å². The van der Waals surface area contributed by atoms with Crippen LogP contribution < -0.4 is 9.47 Å². The lowest BCUT2D eigenvalue weighted by molar-refractivity contribution is 0.100. The van der Waals surface area contributed by atoms with Crippen molar-refractivity contribution in [2.45, 2.75) is 0 Å². The first-order valence-electron chi connectivity index (χ1n) is 7.00. The number of aromatic nitrogens is 1. The van der Waals surface area contributed by atoms with Crippen LogP contribution in [0.15, 0.2) is 59.1 Å². The second kappa shape index (κ2) is 6.36. The van der Waals surface area contributed by atoms with Gasteiger partial charge in [-0.15, -0.1) is 0 Å². The van der Waals surface area contributed by atoms with Crippen molar-refractivity contribution in [3.8, 4) is 22.8 Å². The van der Waals surface area contributed by atoms with Gasteiger partial charge in [-0.2, -0.15) is 0 Å². The van der Waals surface area contributed by atoms with Gasteiger partial charge in [-0.05, 0) is 48.5 Å². The fraction of sp³-hybridized carbons (Fsp3) is 0.111. The Balaban J connectivity index is 1.83. The number of benzene rings is 2. The lowest BCUT2D eigenvalue weighted by Gasteiger charge is -2.01. The molecule has 1 aromatic heterocycles. The minimum absolute atomic E-state index is 0.0565. The molecule has 0 amide bonds. The topological polar surface area (TPSA) is 61.6 Å². The third-order valence-corrected chi connectivity index (χ3v) is 3.43. The van der Waals surface area contributed by atoms with Crippen molar-refractivity contribution >= 4 is 5.78 Å². The van der Waals surface area contributed by atoms with Crippen molar-refractivity contribution in [2.75, 3.05) is 14.2 Å². The normalized spacial score (nSPS) is 10.3. The van der Waals surface area contributed by atoms with Gasteiger partial charge in [0.1, 0.15) is 11.5 Å². The van der Waals surface area contributed by atoms with Gasteiger partial charge < -0.3 is 13.9 Å². The van der Waals surface area contributed by atoms with Crippen molar-refractivity contribution in [1.82, 2.24) is 4.98 Å². The molecule has 23 heavy (non-hydrogen) atoms. The zero-order valence-electron chi connectivity index (χ0n) is 12.8. The average Bonchev–Trinajstić information content (AvgIpc) is 3.11. The summed E-state index contributed by atoms with van der Waals surface area (Å²) < 4.78 is 15.8. The molecule has 0 saturated carbocycles. The highest BCUT2D eigenvalue weighted by molar-refractivity contribution is 6.06. The van der Waals surface area contributed by atoms with Gasteiger partial charge >= 0.3 is 0 Å². The molecule has 5 nitrogen and oxygen atoms in total. The fourth-order valence-corrected chi connectivity index (χ4v) is 2.13. The maximum absolute atomic E-state index is 12.4. The van der Waals surface area contributed by atoms with Gasteiger partial charge in [0.25, 0.3) is 5.89 Å². The van der Waals surface area contributed by atoms with Crippen LogP contribution in [0.25, 0.3) is 11.3 Å². The van der Waals surface area contributed by atoms with Gasteiger partial charge in [0.2, 0.25) is 5.78 Å². The number of rotatable bonds is 5. The smallest absolute Gasteiger partial charge is 0.268 e. The summed E-state index contributed by atoms with van der Waals surface area (Å²) in [6.45, 7) is 0. The minimum atomic E-state index is -0.271. The molecule has 0 fully saturated rings. The SMILES string of the molecule is COc1ccc(C(=O)c2ncc(-c3ccc(OC)cc3)o2)cc1. The third kappa shape index (κ3) is 3.08. The van der Waals surface area contributed by atoms with Crippen LogP contribution in [-0.4, -0.2) is 25.0 Å². The summed E-state index contributed by atoms with van der Waals surface area (Å²) >= 11 is 0. The van der Waals surface area contributed by atoms with Crippen LogP contribution in [0.2, 0.25) is 0 Å². The molecule has 2 aromatic carbocycles. The Morgan fingerprint density at radius 3 is 2.04 bits per heavy atom. The molecule has 3 rings (SSSR count). The number of carbonyl (C=O) groups is 1. The first-order valence-corrected chi connectivity index (χ1v) is 7.00. The highest BCUT2D eigenvalue weighted by Gasteiger charge is 2.16. The molecule has 0 radical (unpaired) electrons. The van der Waals surface area contributed by atoms with Gasteiger partial charge in [0, 0.05) is 11.1 Å². The van der Waals surface area contributed by atoms with Crippen molar-refractivity contribution in [2.24, 2.45) is 0 Å². The Morgan fingerprint density at radius 1 is 0.913 bits per heavy atom. The van der Waals surface area contributed by atoms with Crippen molar-refractivity contribution in [1.29, 1.82) is 0 Å². The van der Waals surface area contributed by atoms with E-state index in [9.17, 15) is 4.79 Å². The number of carbonyl (C=O) groups excluding carboxylic acids is 1. The molecular weight excluding hydrogens is 294 g/mol. The van der Waals surface area contributed by atoms with Crippen LogP contribution in [0.5, 0.6) is 11.5 Å².